The van der Waals surface area contributed by atoms with Crippen molar-refractivity contribution < 1.29 is 18.5 Å². The second-order valence-electron chi connectivity index (χ2n) is 2.55. The van der Waals surface area contributed by atoms with Gasteiger partial charge < -0.3 is 13.7 Å². The number of methoxy groups -OCH3 is 1. The average Bonchev–Trinajstić information content (AvgIpc) is 2.86. The Balaban J connectivity index is 2.31. The molecule has 14 heavy (non-hydrogen) atoms. The SMILES string of the molecule is COC(=O)c1cc(-c2ccco2)no1. The first-order chi connectivity index (χ1) is 6.81. The lowest BCUT2D eigenvalue weighted by Gasteiger charge is -1.88. The minimum Gasteiger partial charge on any atom is -0.463 e. The van der Waals surface area contributed by atoms with Gasteiger partial charge in [0.05, 0.1) is 13.4 Å². The highest BCUT2D eigenvalue weighted by molar-refractivity contribution is 5.87. The number of nitrogens with zero attached hydrogens (tertiary/aromatic N) is 1. The molecule has 2 rings (SSSR count). The van der Waals surface area contributed by atoms with Crippen LogP contribution in [0.2, 0.25) is 0 Å². The van der Waals surface area contributed by atoms with Gasteiger partial charge in [0.1, 0.15) is 5.69 Å². The van der Waals surface area contributed by atoms with Crippen molar-refractivity contribution in [2.24, 2.45) is 0 Å². The Bertz CT molecular complexity index is 429. The number of furan rings is 1. The highest BCUT2D eigenvalue weighted by atomic mass is 16.5. The Morgan fingerprint density at radius 2 is 2.43 bits per heavy atom. The lowest BCUT2D eigenvalue weighted by atomic mass is 10.3. The molecular formula is C9H7NO4. The summed E-state index contributed by atoms with van der Waals surface area (Å²) in [5, 5.41) is 3.66. The summed E-state index contributed by atoms with van der Waals surface area (Å²) in [6.07, 6.45) is 1.52. The van der Waals surface area contributed by atoms with Gasteiger partial charge in [-0.25, -0.2) is 4.79 Å². The molecule has 0 bridgehead atoms. The third kappa shape index (κ3) is 1.39. The van der Waals surface area contributed by atoms with Crippen LogP contribution in [0.5, 0.6) is 0 Å². The van der Waals surface area contributed by atoms with Crippen molar-refractivity contribution in [3.63, 3.8) is 0 Å². The summed E-state index contributed by atoms with van der Waals surface area (Å²) in [7, 11) is 1.28. The molecule has 5 nitrogen and oxygen atoms in total. The normalized spacial score (nSPS) is 10.1. The first kappa shape index (κ1) is 8.55. The van der Waals surface area contributed by atoms with E-state index in [1.165, 1.54) is 19.4 Å². The Hall–Kier alpha value is -2.04. The zero-order valence-electron chi connectivity index (χ0n) is 7.39. The smallest absolute Gasteiger partial charge is 0.376 e. The fourth-order valence-corrected chi connectivity index (χ4v) is 1.01. The van der Waals surface area contributed by atoms with Gasteiger partial charge in [-0.05, 0) is 12.1 Å². The van der Waals surface area contributed by atoms with Crippen LogP contribution in [0.25, 0.3) is 11.5 Å². The van der Waals surface area contributed by atoms with E-state index in [1.807, 2.05) is 0 Å². The summed E-state index contributed by atoms with van der Waals surface area (Å²) in [5.74, 6) is 0.0399. The van der Waals surface area contributed by atoms with Crippen LogP contribution in [0, 0.1) is 0 Å². The Kier molecular flexibility index (Phi) is 2.06. The number of carbonyl (C=O) groups excluding carboxylic acids is 1. The van der Waals surface area contributed by atoms with Gasteiger partial charge in [0, 0.05) is 6.07 Å². The highest BCUT2D eigenvalue weighted by Crippen LogP contribution is 2.19. The molecule has 2 heterocycles. The number of hydrogen-bond acceptors (Lipinski definition) is 5. The molecule has 2 aromatic rings. The Morgan fingerprint density at radius 1 is 1.57 bits per heavy atom. The van der Waals surface area contributed by atoms with Crippen molar-refractivity contribution in [3.8, 4) is 11.5 Å². The van der Waals surface area contributed by atoms with E-state index < -0.39 is 5.97 Å². The van der Waals surface area contributed by atoms with Crippen molar-refractivity contribution >= 4 is 5.97 Å². The lowest BCUT2D eigenvalue weighted by molar-refractivity contribution is 0.0554. The van der Waals surface area contributed by atoms with Crippen molar-refractivity contribution in [3.05, 3.63) is 30.2 Å². The number of esters is 1. The van der Waals surface area contributed by atoms with Crippen molar-refractivity contribution in [1.29, 1.82) is 0 Å². The maximum absolute atomic E-state index is 11.0. The molecule has 0 N–H and O–H groups in total. The largest absolute Gasteiger partial charge is 0.463 e. The molecule has 5 heteroatoms. The topological polar surface area (TPSA) is 65.5 Å². The highest BCUT2D eigenvalue weighted by Gasteiger charge is 2.14. The molecule has 0 aliphatic rings. The molecule has 0 aliphatic heterocycles. The second-order valence-corrected chi connectivity index (χ2v) is 2.55. The van der Waals surface area contributed by atoms with E-state index >= 15 is 0 Å². The molecule has 0 amide bonds. The monoisotopic (exact) mass is 193 g/mol. The molecule has 0 saturated heterocycles. The van der Waals surface area contributed by atoms with Crippen molar-refractivity contribution in [1.82, 2.24) is 5.16 Å². The number of aromatic nitrogens is 1. The minimum absolute atomic E-state index is 0.0545. The van der Waals surface area contributed by atoms with Gasteiger partial charge in [-0.15, -0.1) is 0 Å². The first-order valence-corrected chi connectivity index (χ1v) is 3.90. The maximum Gasteiger partial charge on any atom is 0.376 e. The predicted octanol–water partition coefficient (Wildman–Crippen LogP) is 1.72. The van der Waals surface area contributed by atoms with Crippen molar-refractivity contribution in [2.45, 2.75) is 0 Å². The van der Waals surface area contributed by atoms with Crippen LogP contribution < -0.4 is 0 Å². The molecule has 0 saturated carbocycles. The van der Waals surface area contributed by atoms with Crippen LogP contribution in [0.15, 0.2) is 33.4 Å². The number of hydrogen-bond donors (Lipinski definition) is 0. The number of rotatable bonds is 2. The predicted molar refractivity (Wildman–Crippen MR) is 45.5 cm³/mol. The molecule has 0 atom stereocenters. The third-order valence-corrected chi connectivity index (χ3v) is 1.67. The summed E-state index contributed by atoms with van der Waals surface area (Å²) in [5.41, 5.74) is 0.468. The minimum atomic E-state index is -0.560. The number of ether oxygens (including phenoxy) is 1. The van der Waals surface area contributed by atoms with E-state index in [0.29, 0.717) is 11.5 Å². The van der Waals surface area contributed by atoms with E-state index in [0.717, 1.165) is 0 Å². The van der Waals surface area contributed by atoms with Gasteiger partial charge >= 0.3 is 5.97 Å². The second kappa shape index (κ2) is 3.37. The average molecular weight is 193 g/mol. The van der Waals surface area contributed by atoms with Gasteiger partial charge in [0.2, 0.25) is 5.76 Å². The van der Waals surface area contributed by atoms with Crippen LogP contribution >= 0.6 is 0 Å². The van der Waals surface area contributed by atoms with E-state index in [1.54, 1.807) is 12.1 Å². The molecule has 72 valence electrons. The van der Waals surface area contributed by atoms with Gasteiger partial charge in [-0.3, -0.25) is 0 Å². The molecule has 2 aromatic heterocycles. The Morgan fingerprint density at radius 3 is 3.07 bits per heavy atom. The van der Waals surface area contributed by atoms with Crippen LogP contribution in [-0.2, 0) is 4.74 Å². The van der Waals surface area contributed by atoms with Gasteiger partial charge in [-0.1, -0.05) is 5.16 Å². The summed E-state index contributed by atoms with van der Waals surface area (Å²) < 4.78 is 14.3. The fraction of sp³-hybridized carbons (Fsp3) is 0.111. The summed E-state index contributed by atoms with van der Waals surface area (Å²) >= 11 is 0. The summed E-state index contributed by atoms with van der Waals surface area (Å²) in [6, 6.07) is 4.91. The standard InChI is InChI=1S/C9H7NO4/c1-12-9(11)8-5-6(10-14-8)7-3-2-4-13-7/h2-5H,1H3. The molecular weight excluding hydrogens is 186 g/mol. The van der Waals surface area contributed by atoms with Crippen LogP contribution in [-0.4, -0.2) is 18.2 Å². The van der Waals surface area contributed by atoms with E-state index in [4.69, 9.17) is 8.94 Å². The lowest BCUT2D eigenvalue weighted by Crippen LogP contribution is -1.98. The van der Waals surface area contributed by atoms with Crippen LogP contribution in [0.4, 0.5) is 0 Å². The quantitative estimate of drug-likeness (QED) is 0.679. The zero-order valence-corrected chi connectivity index (χ0v) is 7.39. The first-order valence-electron chi connectivity index (χ1n) is 3.90. The molecule has 0 aromatic carbocycles. The summed E-state index contributed by atoms with van der Waals surface area (Å²) in [6.45, 7) is 0. The number of carbonyl (C=O) groups is 1. The van der Waals surface area contributed by atoms with E-state index in [-0.39, 0.29) is 5.76 Å². The Labute approximate surface area is 79.3 Å². The third-order valence-electron chi connectivity index (χ3n) is 1.67. The molecule has 0 aliphatic carbocycles. The molecule has 0 unspecified atom stereocenters. The van der Waals surface area contributed by atoms with Gasteiger partial charge in [0.25, 0.3) is 0 Å². The van der Waals surface area contributed by atoms with Crippen LogP contribution in [0.1, 0.15) is 10.6 Å². The summed E-state index contributed by atoms with van der Waals surface area (Å²) in [4.78, 5) is 11.0. The zero-order chi connectivity index (χ0) is 9.97. The van der Waals surface area contributed by atoms with Crippen molar-refractivity contribution in [2.75, 3.05) is 7.11 Å². The molecule has 0 radical (unpaired) electrons. The van der Waals surface area contributed by atoms with Gasteiger partial charge in [0.15, 0.2) is 5.76 Å². The molecule has 0 spiro atoms. The fourth-order valence-electron chi connectivity index (χ4n) is 1.01. The van der Waals surface area contributed by atoms with E-state index in [9.17, 15) is 4.79 Å². The van der Waals surface area contributed by atoms with Gasteiger partial charge in [-0.2, -0.15) is 0 Å². The van der Waals surface area contributed by atoms with Crippen LogP contribution in [0.3, 0.4) is 0 Å². The molecule has 0 fully saturated rings. The van der Waals surface area contributed by atoms with E-state index in [2.05, 4.69) is 9.89 Å². The maximum atomic E-state index is 11.0.